The van der Waals surface area contributed by atoms with Crippen LogP contribution in [-0.4, -0.2) is 11.8 Å². The Morgan fingerprint density at radius 3 is 2.75 bits per heavy atom. The summed E-state index contributed by atoms with van der Waals surface area (Å²) in [6, 6.07) is 4.21. The Labute approximate surface area is 69.7 Å². The van der Waals surface area contributed by atoms with Gasteiger partial charge in [0.1, 0.15) is 0 Å². The van der Waals surface area contributed by atoms with Gasteiger partial charge in [-0.25, -0.2) is 4.39 Å². The van der Waals surface area contributed by atoms with Crippen molar-refractivity contribution >= 4 is 0 Å². The molecule has 3 heteroatoms. The van der Waals surface area contributed by atoms with E-state index in [0.717, 1.165) is 0 Å². The van der Waals surface area contributed by atoms with E-state index in [1.54, 1.807) is 6.92 Å². The lowest BCUT2D eigenvalue weighted by Crippen LogP contribution is -1.98. The Kier molecular flexibility index (Phi) is 2.63. The van der Waals surface area contributed by atoms with Crippen molar-refractivity contribution in [1.82, 2.24) is 0 Å². The molecule has 0 saturated heterocycles. The standard InChI is InChI=1S/C9H10F2O/c1-6(5-10)7-3-2-4-8(12)9(7)11/h2-4,6,12H,5H2,1H3. The van der Waals surface area contributed by atoms with Crippen LogP contribution in [0.25, 0.3) is 0 Å². The molecule has 1 rings (SSSR count). The van der Waals surface area contributed by atoms with Crippen molar-refractivity contribution in [1.29, 1.82) is 0 Å². The van der Waals surface area contributed by atoms with Gasteiger partial charge < -0.3 is 5.11 Å². The van der Waals surface area contributed by atoms with Crippen LogP contribution in [0.4, 0.5) is 8.78 Å². The van der Waals surface area contributed by atoms with Crippen LogP contribution in [0.15, 0.2) is 18.2 Å². The van der Waals surface area contributed by atoms with Gasteiger partial charge in [-0.15, -0.1) is 0 Å². The number of rotatable bonds is 2. The number of phenols is 1. The number of hydrogen-bond acceptors (Lipinski definition) is 1. The largest absolute Gasteiger partial charge is 0.505 e. The summed E-state index contributed by atoms with van der Waals surface area (Å²) >= 11 is 0. The van der Waals surface area contributed by atoms with Crippen LogP contribution in [0, 0.1) is 5.82 Å². The summed E-state index contributed by atoms with van der Waals surface area (Å²) in [4.78, 5) is 0. The zero-order chi connectivity index (χ0) is 9.14. The predicted molar refractivity (Wildman–Crippen MR) is 42.5 cm³/mol. The van der Waals surface area contributed by atoms with Crippen LogP contribution in [-0.2, 0) is 0 Å². The third kappa shape index (κ3) is 1.55. The zero-order valence-corrected chi connectivity index (χ0v) is 6.72. The smallest absolute Gasteiger partial charge is 0.168 e. The molecule has 12 heavy (non-hydrogen) atoms. The quantitative estimate of drug-likeness (QED) is 0.727. The van der Waals surface area contributed by atoms with Crippen molar-refractivity contribution in [3.63, 3.8) is 0 Å². The van der Waals surface area contributed by atoms with Gasteiger partial charge in [0, 0.05) is 5.92 Å². The minimum absolute atomic E-state index is 0.220. The number of alkyl halides is 1. The molecule has 1 aromatic carbocycles. The summed E-state index contributed by atoms with van der Waals surface area (Å²) in [6.45, 7) is 0.943. The fourth-order valence-electron chi connectivity index (χ4n) is 1.00. The second-order valence-corrected chi connectivity index (χ2v) is 2.74. The van der Waals surface area contributed by atoms with Gasteiger partial charge in [0.25, 0.3) is 0 Å². The molecule has 0 aromatic heterocycles. The SMILES string of the molecule is CC(CF)c1cccc(O)c1F. The Bertz CT molecular complexity index is 273. The Hall–Kier alpha value is -1.12. The topological polar surface area (TPSA) is 20.2 Å². The highest BCUT2D eigenvalue weighted by Gasteiger charge is 2.12. The van der Waals surface area contributed by atoms with Crippen LogP contribution in [0.3, 0.4) is 0 Å². The Morgan fingerprint density at radius 1 is 1.50 bits per heavy atom. The molecule has 0 heterocycles. The van der Waals surface area contributed by atoms with Gasteiger partial charge in [0.15, 0.2) is 11.6 Å². The number of benzene rings is 1. The maximum Gasteiger partial charge on any atom is 0.168 e. The number of hydrogen-bond donors (Lipinski definition) is 1. The minimum Gasteiger partial charge on any atom is -0.505 e. The van der Waals surface area contributed by atoms with Crippen LogP contribution in [0.2, 0.25) is 0 Å². The van der Waals surface area contributed by atoms with E-state index in [2.05, 4.69) is 0 Å². The molecule has 1 nitrogen and oxygen atoms in total. The maximum atomic E-state index is 13.0. The normalized spacial score (nSPS) is 12.9. The predicted octanol–water partition coefficient (Wildman–Crippen LogP) is 2.60. The zero-order valence-electron chi connectivity index (χ0n) is 6.72. The molecule has 0 saturated carbocycles. The van der Waals surface area contributed by atoms with Gasteiger partial charge in [0.05, 0.1) is 6.67 Å². The number of phenolic OH excluding ortho intramolecular Hbond substituents is 1. The first-order chi connectivity index (χ1) is 5.66. The molecule has 66 valence electrons. The van der Waals surface area contributed by atoms with E-state index in [9.17, 15) is 8.78 Å². The van der Waals surface area contributed by atoms with Gasteiger partial charge in [-0.3, -0.25) is 4.39 Å². The summed E-state index contributed by atoms with van der Waals surface area (Å²) in [7, 11) is 0. The van der Waals surface area contributed by atoms with E-state index in [-0.39, 0.29) is 5.56 Å². The molecule has 1 atom stereocenters. The average molecular weight is 172 g/mol. The fraction of sp³-hybridized carbons (Fsp3) is 0.333. The molecule has 1 N–H and O–H groups in total. The second-order valence-electron chi connectivity index (χ2n) is 2.74. The molecule has 0 aliphatic heterocycles. The van der Waals surface area contributed by atoms with Crippen molar-refractivity contribution < 1.29 is 13.9 Å². The molecule has 0 amide bonds. The summed E-state index contributed by atoms with van der Waals surface area (Å²) in [5, 5.41) is 8.95. The van der Waals surface area contributed by atoms with E-state index in [0.29, 0.717) is 0 Å². The van der Waals surface area contributed by atoms with E-state index < -0.39 is 24.2 Å². The van der Waals surface area contributed by atoms with Crippen molar-refractivity contribution in [3.8, 4) is 5.75 Å². The van der Waals surface area contributed by atoms with Gasteiger partial charge in [0.2, 0.25) is 0 Å². The summed E-state index contributed by atoms with van der Waals surface area (Å²) in [5.41, 5.74) is 0.220. The first-order valence-electron chi connectivity index (χ1n) is 3.70. The van der Waals surface area contributed by atoms with Crippen LogP contribution < -0.4 is 0 Å². The summed E-state index contributed by atoms with van der Waals surface area (Å²) in [5.74, 6) is -1.65. The third-order valence-corrected chi connectivity index (χ3v) is 1.77. The minimum atomic E-state index is -0.720. The van der Waals surface area contributed by atoms with E-state index in [4.69, 9.17) is 5.11 Å². The maximum absolute atomic E-state index is 13.0. The lowest BCUT2D eigenvalue weighted by atomic mass is 10.0. The molecule has 0 spiro atoms. The molecule has 0 radical (unpaired) electrons. The van der Waals surface area contributed by atoms with Gasteiger partial charge in [-0.05, 0) is 11.6 Å². The molecule has 0 fully saturated rings. The van der Waals surface area contributed by atoms with Gasteiger partial charge >= 0.3 is 0 Å². The number of halogens is 2. The lowest BCUT2D eigenvalue weighted by molar-refractivity contribution is 0.408. The Balaban J connectivity index is 3.07. The molecule has 0 aliphatic rings. The van der Waals surface area contributed by atoms with Crippen LogP contribution >= 0.6 is 0 Å². The van der Waals surface area contributed by atoms with E-state index in [1.807, 2.05) is 0 Å². The molecule has 1 unspecified atom stereocenters. The molecular weight excluding hydrogens is 162 g/mol. The third-order valence-electron chi connectivity index (χ3n) is 1.77. The molecule has 0 aliphatic carbocycles. The van der Waals surface area contributed by atoms with Gasteiger partial charge in [-0.1, -0.05) is 19.1 Å². The number of aromatic hydroxyl groups is 1. The fourth-order valence-corrected chi connectivity index (χ4v) is 1.00. The van der Waals surface area contributed by atoms with Crippen molar-refractivity contribution in [2.24, 2.45) is 0 Å². The van der Waals surface area contributed by atoms with Gasteiger partial charge in [-0.2, -0.15) is 0 Å². The Morgan fingerprint density at radius 2 is 2.17 bits per heavy atom. The van der Waals surface area contributed by atoms with Crippen molar-refractivity contribution in [2.45, 2.75) is 12.8 Å². The molecule has 0 bridgehead atoms. The summed E-state index contributed by atoms with van der Waals surface area (Å²) in [6.07, 6.45) is 0. The average Bonchev–Trinajstić information content (AvgIpc) is 2.08. The van der Waals surface area contributed by atoms with Crippen LogP contribution in [0.5, 0.6) is 5.75 Å². The second kappa shape index (κ2) is 3.52. The first kappa shape index (κ1) is 8.97. The molecular formula is C9H10F2O. The monoisotopic (exact) mass is 172 g/mol. The van der Waals surface area contributed by atoms with E-state index >= 15 is 0 Å². The van der Waals surface area contributed by atoms with Crippen molar-refractivity contribution in [3.05, 3.63) is 29.6 Å². The summed E-state index contributed by atoms with van der Waals surface area (Å²) < 4.78 is 25.2. The first-order valence-corrected chi connectivity index (χ1v) is 3.70. The molecule has 1 aromatic rings. The van der Waals surface area contributed by atoms with E-state index in [1.165, 1.54) is 18.2 Å². The van der Waals surface area contributed by atoms with Crippen LogP contribution in [0.1, 0.15) is 18.4 Å². The highest BCUT2D eigenvalue weighted by atomic mass is 19.1. The highest BCUT2D eigenvalue weighted by molar-refractivity contribution is 5.31. The van der Waals surface area contributed by atoms with Crippen molar-refractivity contribution in [2.75, 3.05) is 6.67 Å². The lowest BCUT2D eigenvalue weighted by Gasteiger charge is -2.08. The highest BCUT2D eigenvalue weighted by Crippen LogP contribution is 2.25.